The van der Waals surface area contributed by atoms with Crippen molar-refractivity contribution in [2.75, 3.05) is 45.8 Å². The monoisotopic (exact) mass is 381 g/mol. The molecule has 1 fully saturated rings. The van der Waals surface area contributed by atoms with Crippen LogP contribution in [0.2, 0.25) is 0 Å². The average molecular weight is 382 g/mol. The minimum Gasteiger partial charge on any atom is -0.339 e. The standard InChI is InChI=1S/C19H31N3O3S/c1-3-5-11-20(4-2)16-19(23)21-12-14-22(15-13-21)26(24,25)17-18-9-7-6-8-10-18/h6-10H,3-5,11-17H2,1-2H3. The molecule has 1 aliphatic heterocycles. The molecule has 0 aliphatic carbocycles. The molecule has 0 radical (unpaired) electrons. The molecule has 2 rings (SSSR count). The first-order valence-electron chi connectivity index (χ1n) is 9.48. The lowest BCUT2D eigenvalue weighted by molar-refractivity contribution is -0.133. The number of hydrogen-bond donors (Lipinski definition) is 0. The highest BCUT2D eigenvalue weighted by Gasteiger charge is 2.29. The highest BCUT2D eigenvalue weighted by molar-refractivity contribution is 7.88. The number of likely N-dealkylation sites (N-methyl/N-ethyl adjacent to an activating group) is 1. The summed E-state index contributed by atoms with van der Waals surface area (Å²) in [6.07, 6.45) is 2.20. The number of sulfonamides is 1. The van der Waals surface area contributed by atoms with Crippen LogP contribution in [0.5, 0.6) is 0 Å². The van der Waals surface area contributed by atoms with Gasteiger partial charge in [0.05, 0.1) is 12.3 Å². The van der Waals surface area contributed by atoms with E-state index in [0.29, 0.717) is 32.7 Å². The van der Waals surface area contributed by atoms with Crippen LogP contribution in [0.3, 0.4) is 0 Å². The summed E-state index contributed by atoms with van der Waals surface area (Å²) in [4.78, 5) is 16.4. The van der Waals surface area contributed by atoms with Crippen molar-refractivity contribution in [3.8, 4) is 0 Å². The zero-order valence-electron chi connectivity index (χ0n) is 15.9. The predicted octanol–water partition coefficient (Wildman–Crippen LogP) is 1.78. The maximum Gasteiger partial charge on any atom is 0.236 e. The molecule has 7 heteroatoms. The fraction of sp³-hybridized carbons (Fsp3) is 0.632. The van der Waals surface area contributed by atoms with Crippen LogP contribution in [0.15, 0.2) is 30.3 Å². The Morgan fingerprint density at radius 2 is 1.73 bits per heavy atom. The molecule has 0 aromatic heterocycles. The molecule has 0 unspecified atom stereocenters. The van der Waals surface area contributed by atoms with Crippen LogP contribution >= 0.6 is 0 Å². The number of benzene rings is 1. The van der Waals surface area contributed by atoms with E-state index in [1.165, 1.54) is 4.31 Å². The third kappa shape index (κ3) is 6.07. The van der Waals surface area contributed by atoms with Gasteiger partial charge in [0.1, 0.15) is 0 Å². The largest absolute Gasteiger partial charge is 0.339 e. The molecular weight excluding hydrogens is 350 g/mol. The first-order chi connectivity index (χ1) is 12.5. The van der Waals surface area contributed by atoms with Gasteiger partial charge in [-0.05, 0) is 25.1 Å². The van der Waals surface area contributed by atoms with Gasteiger partial charge in [-0.2, -0.15) is 4.31 Å². The summed E-state index contributed by atoms with van der Waals surface area (Å²) in [6.45, 7) is 8.12. The molecule has 1 amide bonds. The van der Waals surface area contributed by atoms with Gasteiger partial charge in [-0.1, -0.05) is 50.6 Å². The van der Waals surface area contributed by atoms with Crippen molar-refractivity contribution in [3.05, 3.63) is 35.9 Å². The molecule has 1 aromatic carbocycles. The van der Waals surface area contributed by atoms with E-state index >= 15 is 0 Å². The Morgan fingerprint density at radius 1 is 1.08 bits per heavy atom. The lowest BCUT2D eigenvalue weighted by Gasteiger charge is -2.35. The van der Waals surface area contributed by atoms with Gasteiger partial charge >= 0.3 is 0 Å². The number of unbranched alkanes of at least 4 members (excludes halogenated alkanes) is 1. The SMILES string of the molecule is CCCCN(CC)CC(=O)N1CCN(S(=O)(=O)Cc2ccccc2)CC1. The Labute approximate surface area is 157 Å². The zero-order valence-corrected chi connectivity index (χ0v) is 16.7. The van der Waals surface area contributed by atoms with Crippen LogP contribution in [0.4, 0.5) is 0 Å². The number of piperazine rings is 1. The molecule has 1 aliphatic rings. The number of carbonyl (C=O) groups excluding carboxylic acids is 1. The molecule has 146 valence electrons. The molecule has 0 N–H and O–H groups in total. The Balaban J connectivity index is 1.85. The van der Waals surface area contributed by atoms with E-state index in [-0.39, 0.29) is 11.7 Å². The molecule has 6 nitrogen and oxygen atoms in total. The number of nitrogens with zero attached hydrogens (tertiary/aromatic N) is 3. The van der Waals surface area contributed by atoms with Gasteiger partial charge in [0.25, 0.3) is 0 Å². The van der Waals surface area contributed by atoms with Gasteiger partial charge in [-0.3, -0.25) is 9.69 Å². The summed E-state index contributed by atoms with van der Waals surface area (Å²) in [5.41, 5.74) is 0.792. The van der Waals surface area contributed by atoms with Gasteiger partial charge in [0.15, 0.2) is 0 Å². The third-order valence-electron chi connectivity index (χ3n) is 4.81. The van der Waals surface area contributed by atoms with Gasteiger partial charge in [0.2, 0.25) is 15.9 Å². The second-order valence-corrected chi connectivity index (χ2v) is 8.71. The zero-order chi connectivity index (χ0) is 19.0. The van der Waals surface area contributed by atoms with E-state index in [4.69, 9.17) is 0 Å². The smallest absolute Gasteiger partial charge is 0.236 e. The maximum absolute atomic E-state index is 12.6. The topological polar surface area (TPSA) is 60.9 Å². The normalized spacial score (nSPS) is 16.2. The highest BCUT2D eigenvalue weighted by atomic mass is 32.2. The van der Waals surface area contributed by atoms with E-state index < -0.39 is 10.0 Å². The van der Waals surface area contributed by atoms with Crippen molar-refractivity contribution in [2.45, 2.75) is 32.4 Å². The van der Waals surface area contributed by atoms with Crippen LogP contribution < -0.4 is 0 Å². The van der Waals surface area contributed by atoms with Crippen molar-refractivity contribution in [1.29, 1.82) is 0 Å². The van der Waals surface area contributed by atoms with Crippen LogP contribution in [-0.2, 0) is 20.6 Å². The first kappa shape index (κ1) is 20.9. The van der Waals surface area contributed by atoms with Gasteiger partial charge in [-0.15, -0.1) is 0 Å². The minimum absolute atomic E-state index is 0.0163. The number of amides is 1. The summed E-state index contributed by atoms with van der Waals surface area (Å²) < 4.78 is 26.7. The highest BCUT2D eigenvalue weighted by Crippen LogP contribution is 2.14. The quantitative estimate of drug-likeness (QED) is 0.654. The fourth-order valence-corrected chi connectivity index (χ4v) is 4.63. The maximum atomic E-state index is 12.6. The Kier molecular flexibility index (Phi) is 8.06. The molecule has 0 spiro atoms. The number of carbonyl (C=O) groups is 1. The lowest BCUT2D eigenvalue weighted by Crippen LogP contribution is -2.52. The first-order valence-corrected chi connectivity index (χ1v) is 11.1. The van der Waals surface area contributed by atoms with Crippen molar-refractivity contribution < 1.29 is 13.2 Å². The van der Waals surface area contributed by atoms with Crippen LogP contribution in [0.1, 0.15) is 32.3 Å². The third-order valence-corrected chi connectivity index (χ3v) is 6.66. The van der Waals surface area contributed by atoms with E-state index in [2.05, 4.69) is 18.7 Å². The number of rotatable bonds is 9. The summed E-state index contributed by atoms with van der Waals surface area (Å²) in [6, 6.07) is 9.22. The van der Waals surface area contributed by atoms with Crippen molar-refractivity contribution in [2.24, 2.45) is 0 Å². The van der Waals surface area contributed by atoms with Crippen LogP contribution in [0.25, 0.3) is 0 Å². The molecule has 1 saturated heterocycles. The molecule has 0 atom stereocenters. The van der Waals surface area contributed by atoms with Crippen LogP contribution in [-0.4, -0.2) is 74.2 Å². The molecule has 1 aromatic rings. The van der Waals surface area contributed by atoms with Gasteiger partial charge < -0.3 is 4.90 Å². The number of hydrogen-bond acceptors (Lipinski definition) is 4. The second kappa shape index (κ2) is 10.0. The Morgan fingerprint density at radius 3 is 2.31 bits per heavy atom. The van der Waals surface area contributed by atoms with Crippen LogP contribution in [0, 0.1) is 0 Å². The average Bonchev–Trinajstić information content (AvgIpc) is 2.65. The fourth-order valence-electron chi connectivity index (χ4n) is 3.11. The lowest BCUT2D eigenvalue weighted by atomic mass is 10.2. The summed E-state index contributed by atoms with van der Waals surface area (Å²) >= 11 is 0. The Hall–Kier alpha value is -1.44. The molecule has 0 bridgehead atoms. The van der Waals surface area contributed by atoms with Gasteiger partial charge in [0, 0.05) is 26.2 Å². The van der Waals surface area contributed by atoms with E-state index in [0.717, 1.165) is 31.5 Å². The summed E-state index contributed by atoms with van der Waals surface area (Å²) in [7, 11) is -3.34. The van der Waals surface area contributed by atoms with E-state index in [1.54, 1.807) is 4.90 Å². The second-order valence-electron chi connectivity index (χ2n) is 6.74. The summed E-state index contributed by atoms with van der Waals surface area (Å²) in [5.74, 6) is 0.116. The van der Waals surface area contributed by atoms with E-state index in [1.807, 2.05) is 30.3 Å². The van der Waals surface area contributed by atoms with Crippen molar-refractivity contribution >= 4 is 15.9 Å². The summed E-state index contributed by atoms with van der Waals surface area (Å²) in [5, 5.41) is 0. The van der Waals surface area contributed by atoms with Crippen molar-refractivity contribution in [3.63, 3.8) is 0 Å². The molecule has 26 heavy (non-hydrogen) atoms. The molecule has 1 heterocycles. The van der Waals surface area contributed by atoms with Gasteiger partial charge in [-0.25, -0.2) is 8.42 Å². The van der Waals surface area contributed by atoms with E-state index in [9.17, 15) is 13.2 Å². The molecule has 0 saturated carbocycles. The predicted molar refractivity (Wildman–Crippen MR) is 104 cm³/mol. The Bertz CT molecular complexity index is 656. The van der Waals surface area contributed by atoms with Crippen molar-refractivity contribution in [1.82, 2.24) is 14.1 Å². The molecular formula is C19H31N3O3S. The minimum atomic E-state index is -3.34.